The van der Waals surface area contributed by atoms with Crippen molar-refractivity contribution in [1.29, 1.82) is 0 Å². The molecule has 0 aliphatic rings. The summed E-state index contributed by atoms with van der Waals surface area (Å²) < 4.78 is 0.774. The molecule has 0 saturated carbocycles. The number of halogens is 1. The number of benzene rings is 1. The van der Waals surface area contributed by atoms with Crippen LogP contribution in [0.3, 0.4) is 0 Å². The predicted octanol–water partition coefficient (Wildman–Crippen LogP) is -1.57. The first-order valence-corrected chi connectivity index (χ1v) is 4.52. The highest BCUT2D eigenvalue weighted by molar-refractivity contribution is 5.17. The zero-order valence-electron chi connectivity index (χ0n) is 8.94. The Hall–Kier alpha value is -0.130. The summed E-state index contributed by atoms with van der Waals surface area (Å²) in [4.78, 5) is 0. The summed E-state index contributed by atoms with van der Waals surface area (Å²) in [5, 5.41) is 9.84. The van der Waals surface area contributed by atoms with Crippen LogP contribution in [0.4, 0.5) is 0 Å². The lowest BCUT2D eigenvalue weighted by Crippen LogP contribution is -3.00. The van der Waals surface area contributed by atoms with Gasteiger partial charge < -0.3 is 33.6 Å². The number of aliphatic hydroxyl groups is 1. The summed E-state index contributed by atoms with van der Waals surface area (Å²) in [5.74, 6) is 0. The first-order chi connectivity index (χ1) is 5.99. The van der Waals surface area contributed by atoms with Gasteiger partial charge >= 0.3 is 0 Å². The topological polar surface area (TPSA) is 20.2 Å². The van der Waals surface area contributed by atoms with Gasteiger partial charge in [-0.2, -0.15) is 0 Å². The van der Waals surface area contributed by atoms with Gasteiger partial charge in [0.2, 0.25) is 0 Å². The van der Waals surface area contributed by atoms with Crippen molar-refractivity contribution in [3.05, 3.63) is 35.9 Å². The second kappa shape index (κ2) is 5.68. The lowest BCUT2D eigenvalue weighted by Gasteiger charge is -2.26. The SMILES string of the molecule is C[N+](C)(C)CC(O)c1ccccc1.[I-]. The van der Waals surface area contributed by atoms with Crippen molar-refractivity contribution in [2.75, 3.05) is 27.7 Å². The molecule has 3 heteroatoms. The average Bonchev–Trinajstić information content (AvgIpc) is 2.03. The van der Waals surface area contributed by atoms with Gasteiger partial charge in [-0.25, -0.2) is 0 Å². The zero-order chi connectivity index (χ0) is 9.90. The molecule has 1 unspecified atom stereocenters. The highest BCUT2D eigenvalue weighted by atomic mass is 127. The number of likely N-dealkylation sites (N-methyl/N-ethyl adjacent to an activating group) is 1. The first kappa shape index (κ1) is 13.9. The van der Waals surface area contributed by atoms with E-state index < -0.39 is 0 Å². The number of quaternary nitrogens is 1. The molecular weight excluding hydrogens is 289 g/mol. The Bertz CT molecular complexity index is 256. The quantitative estimate of drug-likeness (QED) is 0.528. The molecule has 1 rings (SSSR count). The van der Waals surface area contributed by atoms with Crippen LogP contribution in [0.5, 0.6) is 0 Å². The number of nitrogens with zero attached hydrogens (tertiary/aromatic N) is 1. The largest absolute Gasteiger partial charge is 1.00 e. The summed E-state index contributed by atoms with van der Waals surface area (Å²) in [7, 11) is 6.23. The van der Waals surface area contributed by atoms with Crippen LogP contribution in [0.1, 0.15) is 11.7 Å². The van der Waals surface area contributed by atoms with Crippen LogP contribution >= 0.6 is 0 Å². The van der Waals surface area contributed by atoms with Crippen molar-refractivity contribution in [3.63, 3.8) is 0 Å². The third-order valence-electron chi connectivity index (χ3n) is 1.91. The molecule has 2 nitrogen and oxygen atoms in total. The maximum absolute atomic E-state index is 9.84. The van der Waals surface area contributed by atoms with E-state index >= 15 is 0 Å². The summed E-state index contributed by atoms with van der Waals surface area (Å²) >= 11 is 0. The Morgan fingerprint density at radius 1 is 1.14 bits per heavy atom. The van der Waals surface area contributed by atoms with E-state index in [4.69, 9.17) is 0 Å². The minimum atomic E-state index is -0.360. The van der Waals surface area contributed by atoms with E-state index in [9.17, 15) is 5.11 Å². The molecular formula is C11H18INO. The van der Waals surface area contributed by atoms with Gasteiger partial charge in [0.1, 0.15) is 12.6 Å². The van der Waals surface area contributed by atoms with E-state index in [0.29, 0.717) is 0 Å². The maximum Gasteiger partial charge on any atom is 0.128 e. The second-order valence-electron chi connectivity index (χ2n) is 4.40. The number of aliphatic hydroxyl groups excluding tert-OH is 1. The van der Waals surface area contributed by atoms with Gasteiger partial charge in [-0.1, -0.05) is 30.3 Å². The molecule has 0 saturated heterocycles. The van der Waals surface area contributed by atoms with E-state index in [1.165, 1.54) is 0 Å². The van der Waals surface area contributed by atoms with E-state index in [1.807, 2.05) is 30.3 Å². The normalized spacial score (nSPS) is 13.1. The molecule has 14 heavy (non-hydrogen) atoms. The minimum absolute atomic E-state index is 0. The van der Waals surface area contributed by atoms with Gasteiger partial charge in [-0.05, 0) is 5.56 Å². The van der Waals surface area contributed by atoms with E-state index in [-0.39, 0.29) is 30.1 Å². The minimum Gasteiger partial charge on any atom is -1.00 e. The molecule has 0 bridgehead atoms. The molecule has 0 aliphatic heterocycles. The van der Waals surface area contributed by atoms with E-state index in [0.717, 1.165) is 16.6 Å². The van der Waals surface area contributed by atoms with Crippen molar-refractivity contribution in [2.45, 2.75) is 6.10 Å². The molecule has 1 aromatic carbocycles. The van der Waals surface area contributed by atoms with Crippen LogP contribution in [-0.4, -0.2) is 37.3 Å². The lowest BCUT2D eigenvalue weighted by atomic mass is 10.1. The monoisotopic (exact) mass is 307 g/mol. The Labute approximate surface area is 103 Å². The summed E-state index contributed by atoms with van der Waals surface area (Å²) in [6.07, 6.45) is -0.360. The van der Waals surface area contributed by atoms with Gasteiger partial charge in [0, 0.05) is 0 Å². The lowest BCUT2D eigenvalue weighted by molar-refractivity contribution is -0.874. The third-order valence-corrected chi connectivity index (χ3v) is 1.91. The van der Waals surface area contributed by atoms with Gasteiger partial charge in [-0.3, -0.25) is 0 Å². The molecule has 0 radical (unpaired) electrons. The molecule has 0 fully saturated rings. The molecule has 0 aromatic heterocycles. The molecule has 1 atom stereocenters. The van der Waals surface area contributed by atoms with Crippen LogP contribution in [0, 0.1) is 0 Å². The first-order valence-electron chi connectivity index (χ1n) is 4.52. The van der Waals surface area contributed by atoms with Gasteiger partial charge in [-0.15, -0.1) is 0 Å². The van der Waals surface area contributed by atoms with Crippen molar-refractivity contribution in [2.24, 2.45) is 0 Å². The molecule has 1 N–H and O–H groups in total. The fourth-order valence-electron chi connectivity index (χ4n) is 1.30. The number of hydrogen-bond acceptors (Lipinski definition) is 1. The smallest absolute Gasteiger partial charge is 0.128 e. The predicted molar refractivity (Wildman–Crippen MR) is 54.3 cm³/mol. The highest BCUT2D eigenvalue weighted by Crippen LogP contribution is 2.14. The van der Waals surface area contributed by atoms with Crippen molar-refractivity contribution < 1.29 is 33.6 Å². The summed E-state index contributed by atoms with van der Waals surface area (Å²) in [6, 6.07) is 9.78. The van der Waals surface area contributed by atoms with Crippen molar-refractivity contribution >= 4 is 0 Å². The van der Waals surface area contributed by atoms with E-state index in [2.05, 4.69) is 21.1 Å². The molecule has 1 aromatic rings. The average molecular weight is 307 g/mol. The standard InChI is InChI=1S/C11H18NO.HI/c1-12(2,3)9-11(13)10-7-5-4-6-8-10;/h4-8,11,13H,9H2,1-3H3;1H/q+1;/p-1. The van der Waals surface area contributed by atoms with Crippen LogP contribution in [0.2, 0.25) is 0 Å². The zero-order valence-corrected chi connectivity index (χ0v) is 11.1. The summed E-state index contributed by atoms with van der Waals surface area (Å²) in [6.45, 7) is 0.740. The molecule has 0 aliphatic carbocycles. The Balaban J connectivity index is 0.00000169. The molecule has 0 spiro atoms. The molecule has 80 valence electrons. The fraction of sp³-hybridized carbons (Fsp3) is 0.455. The maximum atomic E-state index is 9.84. The van der Waals surface area contributed by atoms with Crippen LogP contribution in [0.15, 0.2) is 30.3 Å². The third kappa shape index (κ3) is 4.93. The Kier molecular flexibility index (Phi) is 5.63. The summed E-state index contributed by atoms with van der Waals surface area (Å²) in [5.41, 5.74) is 0.996. The van der Waals surface area contributed by atoms with Crippen molar-refractivity contribution in [3.8, 4) is 0 Å². The highest BCUT2D eigenvalue weighted by Gasteiger charge is 2.16. The van der Waals surface area contributed by atoms with Crippen LogP contribution in [-0.2, 0) is 0 Å². The Morgan fingerprint density at radius 2 is 1.64 bits per heavy atom. The second-order valence-corrected chi connectivity index (χ2v) is 4.40. The van der Waals surface area contributed by atoms with Crippen LogP contribution in [0.25, 0.3) is 0 Å². The van der Waals surface area contributed by atoms with Gasteiger partial charge in [0.15, 0.2) is 0 Å². The van der Waals surface area contributed by atoms with Gasteiger partial charge in [0.05, 0.1) is 21.1 Å². The fourth-order valence-corrected chi connectivity index (χ4v) is 1.30. The number of hydrogen-bond donors (Lipinski definition) is 1. The van der Waals surface area contributed by atoms with Crippen molar-refractivity contribution in [1.82, 2.24) is 0 Å². The number of rotatable bonds is 3. The van der Waals surface area contributed by atoms with Crippen LogP contribution < -0.4 is 24.0 Å². The molecule has 0 amide bonds. The van der Waals surface area contributed by atoms with Gasteiger partial charge in [0.25, 0.3) is 0 Å². The Morgan fingerprint density at radius 3 is 2.07 bits per heavy atom. The van der Waals surface area contributed by atoms with E-state index in [1.54, 1.807) is 0 Å². The molecule has 0 heterocycles.